The van der Waals surface area contributed by atoms with Gasteiger partial charge in [0.1, 0.15) is 29.4 Å². The largest absolute Gasteiger partial charge is 0.394 e. The van der Waals surface area contributed by atoms with Crippen LogP contribution >= 0.6 is 0 Å². The highest BCUT2D eigenvalue weighted by Gasteiger charge is 2.95. The SMILES string of the molecule is CC[C@H](C)[C@H](NC(=O)[C@@H](N)CO)C(=O)N[C@@H](C)C(=O)N[C@@]12NC(=O)[C@]3(O)C4C5CC(C6C5C3C61)C42. The highest BCUT2D eigenvalue weighted by atomic mass is 16.3. The Bertz CT molecular complexity index is 1020. The third kappa shape index (κ3) is 2.51. The van der Waals surface area contributed by atoms with E-state index in [9.17, 15) is 24.3 Å². The van der Waals surface area contributed by atoms with Gasteiger partial charge in [-0.05, 0) is 42.9 Å². The molecule has 0 radical (unpaired) electrons. The lowest BCUT2D eigenvalue weighted by Crippen LogP contribution is -2.85. The molecule has 4 amide bonds. The Hall–Kier alpha value is -2.24. The first kappa shape index (κ1) is 23.2. The van der Waals surface area contributed by atoms with Crippen molar-refractivity contribution < 1.29 is 29.4 Å². The van der Waals surface area contributed by atoms with Gasteiger partial charge in [-0.3, -0.25) is 19.2 Å². The molecule has 4 bridgehead atoms. The molecule has 0 spiro atoms. The first-order valence-electron chi connectivity index (χ1n) is 12.9. The normalized spacial score (nSPS) is 47.7. The smallest absolute Gasteiger partial charge is 0.254 e. The van der Waals surface area contributed by atoms with Gasteiger partial charge >= 0.3 is 0 Å². The highest BCUT2D eigenvalue weighted by molar-refractivity contribution is 5.95. The van der Waals surface area contributed by atoms with Gasteiger partial charge in [0, 0.05) is 23.7 Å². The molecule has 7 rings (SSSR count). The third-order valence-electron chi connectivity index (χ3n) is 10.7. The molecule has 2 heterocycles. The second-order valence-electron chi connectivity index (χ2n) is 11.9. The predicted molar refractivity (Wildman–Crippen MR) is 121 cm³/mol. The quantitative estimate of drug-likeness (QED) is 0.185. The summed E-state index contributed by atoms with van der Waals surface area (Å²) in [5, 5.41) is 31.9. The molecule has 14 atom stereocenters. The van der Waals surface area contributed by atoms with E-state index in [2.05, 4.69) is 21.3 Å². The van der Waals surface area contributed by atoms with Crippen LogP contribution in [0.4, 0.5) is 0 Å². The summed E-state index contributed by atoms with van der Waals surface area (Å²) < 4.78 is 0. The fourth-order valence-electron chi connectivity index (χ4n) is 9.35. The third-order valence-corrected chi connectivity index (χ3v) is 10.7. The van der Waals surface area contributed by atoms with Gasteiger partial charge in [0.25, 0.3) is 5.91 Å². The van der Waals surface area contributed by atoms with Crippen molar-refractivity contribution in [2.75, 3.05) is 6.61 Å². The molecular formula is C24H35N5O6. The summed E-state index contributed by atoms with van der Waals surface area (Å²) in [7, 11) is 0. The molecule has 2 saturated heterocycles. The Morgan fingerprint density at radius 2 is 1.71 bits per heavy atom. The lowest BCUT2D eigenvalue weighted by atomic mass is 9.50. The summed E-state index contributed by atoms with van der Waals surface area (Å²) in [5.41, 5.74) is 3.43. The predicted octanol–water partition coefficient (Wildman–Crippen LogP) is -2.60. The van der Waals surface area contributed by atoms with E-state index in [0.717, 1.165) is 6.42 Å². The van der Waals surface area contributed by atoms with Crippen molar-refractivity contribution in [1.29, 1.82) is 0 Å². The zero-order valence-corrected chi connectivity index (χ0v) is 20.2. The number of carbonyl (C=O) groups excluding carboxylic acids is 4. The molecule has 0 aromatic rings. The molecule has 2 aliphatic heterocycles. The molecule has 5 aliphatic carbocycles. The molecule has 7 aliphatic rings. The number of aliphatic hydroxyl groups excluding tert-OH is 1. The molecule has 192 valence electrons. The van der Waals surface area contributed by atoms with Gasteiger partial charge in [0.2, 0.25) is 17.7 Å². The Kier molecular flexibility index (Phi) is 4.74. The average molecular weight is 490 g/mol. The van der Waals surface area contributed by atoms with Crippen LogP contribution in [0.1, 0.15) is 33.6 Å². The monoisotopic (exact) mass is 489 g/mol. The standard InChI is InChI=1S/C24H35N5O6/c1-4-7(2)18(27-20(32)11(25)6-30)21(33)26-8(3)19(31)28-24-15-10-5-9-12-13(10)17(24)16(12)23(35,14(9)15)22(34)29-24/h7-18,30,35H,4-6,25H2,1-3H3,(H,26,33)(H,27,32)(H,28,31)(H,29,34)/t7-,8-,9?,10?,11-,12?,13?,14?,15?,16?,17?,18-,23-,24-/m0/s1. The minimum absolute atomic E-state index is 0.0270. The van der Waals surface area contributed by atoms with Gasteiger partial charge < -0.3 is 37.2 Å². The molecule has 8 unspecified atom stereocenters. The maximum absolute atomic E-state index is 13.4. The van der Waals surface area contributed by atoms with Crippen LogP contribution in [0.3, 0.4) is 0 Å². The van der Waals surface area contributed by atoms with Gasteiger partial charge in [-0.2, -0.15) is 0 Å². The van der Waals surface area contributed by atoms with Crippen LogP contribution in [0.2, 0.25) is 0 Å². The summed E-state index contributed by atoms with van der Waals surface area (Å²) in [5.74, 6) is -0.677. The lowest BCUT2D eigenvalue weighted by molar-refractivity contribution is -0.214. The van der Waals surface area contributed by atoms with Crippen molar-refractivity contribution in [3.63, 3.8) is 0 Å². The fraction of sp³-hybridized carbons (Fsp3) is 0.833. The van der Waals surface area contributed by atoms with E-state index in [1.54, 1.807) is 6.92 Å². The molecular weight excluding hydrogens is 454 g/mol. The molecule has 35 heavy (non-hydrogen) atoms. The summed E-state index contributed by atoms with van der Waals surface area (Å²) in [6, 6.07) is -2.97. The van der Waals surface area contributed by atoms with E-state index in [1.807, 2.05) is 13.8 Å². The van der Waals surface area contributed by atoms with Crippen LogP contribution in [-0.4, -0.2) is 69.8 Å². The van der Waals surface area contributed by atoms with Crippen molar-refractivity contribution in [2.24, 2.45) is 59.0 Å². The summed E-state index contributed by atoms with van der Waals surface area (Å²) in [6.45, 7) is 4.72. The van der Waals surface area contributed by atoms with Gasteiger partial charge in [-0.1, -0.05) is 20.3 Å². The van der Waals surface area contributed by atoms with E-state index >= 15 is 0 Å². The van der Waals surface area contributed by atoms with Gasteiger partial charge in [-0.25, -0.2) is 0 Å². The molecule has 7 fully saturated rings. The fourth-order valence-corrected chi connectivity index (χ4v) is 9.35. The first-order valence-corrected chi connectivity index (χ1v) is 12.9. The van der Waals surface area contributed by atoms with Crippen LogP contribution in [0.5, 0.6) is 0 Å². The molecule has 0 aromatic heterocycles. The van der Waals surface area contributed by atoms with E-state index in [4.69, 9.17) is 10.8 Å². The van der Waals surface area contributed by atoms with E-state index in [-0.39, 0.29) is 35.5 Å². The molecule has 11 heteroatoms. The van der Waals surface area contributed by atoms with Gasteiger partial charge in [-0.15, -0.1) is 0 Å². The zero-order valence-electron chi connectivity index (χ0n) is 20.2. The maximum atomic E-state index is 13.4. The van der Waals surface area contributed by atoms with Crippen LogP contribution in [0.15, 0.2) is 0 Å². The van der Waals surface area contributed by atoms with E-state index in [1.165, 1.54) is 0 Å². The summed E-state index contributed by atoms with van der Waals surface area (Å²) >= 11 is 0. The van der Waals surface area contributed by atoms with Crippen molar-refractivity contribution in [3.05, 3.63) is 0 Å². The number of piperidine rings is 2. The van der Waals surface area contributed by atoms with Gasteiger partial charge in [0.05, 0.1) is 6.61 Å². The number of fused-ring (bicyclic) bond motifs is 1. The highest BCUT2D eigenvalue weighted by Crippen LogP contribution is 2.88. The lowest BCUT2D eigenvalue weighted by Gasteiger charge is -2.63. The minimum atomic E-state index is -1.30. The number of amides is 4. The van der Waals surface area contributed by atoms with Crippen molar-refractivity contribution in [1.82, 2.24) is 21.3 Å². The molecule has 11 nitrogen and oxygen atoms in total. The number of nitrogens with two attached hydrogens (primary N) is 1. The Morgan fingerprint density at radius 1 is 1.06 bits per heavy atom. The number of nitrogens with one attached hydrogen (secondary N) is 4. The second kappa shape index (κ2) is 7.17. The first-order chi connectivity index (χ1) is 16.5. The van der Waals surface area contributed by atoms with Crippen LogP contribution in [0.25, 0.3) is 0 Å². The molecule has 0 aromatic carbocycles. The van der Waals surface area contributed by atoms with Crippen LogP contribution in [0, 0.1) is 53.3 Å². The van der Waals surface area contributed by atoms with Gasteiger partial charge in [0.15, 0.2) is 0 Å². The van der Waals surface area contributed by atoms with Crippen molar-refractivity contribution >= 4 is 23.6 Å². The number of hydrogen-bond donors (Lipinski definition) is 7. The Morgan fingerprint density at radius 3 is 2.37 bits per heavy atom. The summed E-state index contributed by atoms with van der Waals surface area (Å²) in [4.78, 5) is 51.6. The number of hydrogen-bond acceptors (Lipinski definition) is 7. The Labute approximate surface area is 203 Å². The van der Waals surface area contributed by atoms with Crippen LogP contribution < -0.4 is 27.0 Å². The second-order valence-corrected chi connectivity index (χ2v) is 11.9. The average Bonchev–Trinajstić information content (AvgIpc) is 3.36. The maximum Gasteiger partial charge on any atom is 0.254 e. The molecule has 5 saturated carbocycles. The van der Waals surface area contributed by atoms with E-state index < -0.39 is 53.7 Å². The van der Waals surface area contributed by atoms with Crippen molar-refractivity contribution in [2.45, 2.75) is 63.0 Å². The number of aliphatic hydroxyl groups is 2. The van der Waals surface area contributed by atoms with E-state index in [0.29, 0.717) is 30.1 Å². The topological polar surface area (TPSA) is 183 Å². The number of rotatable bonds is 9. The zero-order chi connectivity index (χ0) is 25.2. The summed E-state index contributed by atoms with van der Waals surface area (Å²) in [6.07, 6.45) is 1.62. The van der Waals surface area contributed by atoms with Crippen LogP contribution in [-0.2, 0) is 19.2 Å². The number of carbonyl (C=O) groups is 4. The molecule has 8 N–H and O–H groups in total. The Balaban J connectivity index is 1.17. The minimum Gasteiger partial charge on any atom is -0.394 e. The van der Waals surface area contributed by atoms with Crippen molar-refractivity contribution in [3.8, 4) is 0 Å².